The molecule has 1 fully saturated rings. The fourth-order valence-corrected chi connectivity index (χ4v) is 2.64. The minimum absolute atomic E-state index is 0.178. The Labute approximate surface area is 119 Å². The SMILES string of the molecule is CCCCCC1CNCCN1c1nc(N)nc(N)c1N. The lowest BCUT2D eigenvalue weighted by molar-refractivity contribution is 0.437. The van der Waals surface area contributed by atoms with Gasteiger partial charge in [-0.1, -0.05) is 26.2 Å². The molecule has 1 aliphatic heterocycles. The summed E-state index contributed by atoms with van der Waals surface area (Å²) in [7, 11) is 0. The van der Waals surface area contributed by atoms with E-state index in [0.29, 0.717) is 17.5 Å². The van der Waals surface area contributed by atoms with Crippen molar-refractivity contribution in [3.05, 3.63) is 0 Å². The fourth-order valence-electron chi connectivity index (χ4n) is 2.64. The van der Waals surface area contributed by atoms with Crippen LogP contribution in [0.2, 0.25) is 0 Å². The van der Waals surface area contributed by atoms with Gasteiger partial charge in [0.2, 0.25) is 5.95 Å². The smallest absolute Gasteiger partial charge is 0.224 e. The number of unbranched alkanes of at least 4 members (excludes halogenated alkanes) is 2. The van der Waals surface area contributed by atoms with E-state index in [2.05, 4.69) is 27.1 Å². The van der Waals surface area contributed by atoms with Crippen molar-refractivity contribution in [1.29, 1.82) is 0 Å². The molecule has 2 rings (SSSR count). The van der Waals surface area contributed by atoms with Gasteiger partial charge >= 0.3 is 0 Å². The standard InChI is InChI=1S/C13H25N7/c1-2-3-4-5-9-8-17-6-7-20(9)12-10(14)11(15)18-13(16)19-12/h9,17H,2-8,14H2,1H3,(H4,15,16,18,19). The summed E-state index contributed by atoms with van der Waals surface area (Å²) in [5.74, 6) is 1.12. The zero-order chi connectivity index (χ0) is 14.5. The van der Waals surface area contributed by atoms with Crippen LogP contribution in [0, 0.1) is 0 Å². The maximum absolute atomic E-state index is 6.03. The third-order valence-corrected chi connectivity index (χ3v) is 3.74. The first-order valence-electron chi connectivity index (χ1n) is 7.29. The van der Waals surface area contributed by atoms with E-state index in [-0.39, 0.29) is 11.8 Å². The van der Waals surface area contributed by atoms with Gasteiger partial charge in [0.1, 0.15) is 5.69 Å². The Bertz CT molecular complexity index is 449. The van der Waals surface area contributed by atoms with Crippen molar-refractivity contribution in [1.82, 2.24) is 15.3 Å². The number of nitrogens with two attached hydrogens (primary N) is 3. The molecular weight excluding hydrogens is 254 g/mol. The van der Waals surface area contributed by atoms with Gasteiger partial charge in [-0.15, -0.1) is 0 Å². The van der Waals surface area contributed by atoms with E-state index in [1.54, 1.807) is 0 Å². The van der Waals surface area contributed by atoms with Crippen LogP contribution in [0.25, 0.3) is 0 Å². The molecule has 0 amide bonds. The summed E-state index contributed by atoms with van der Waals surface area (Å²) in [6.07, 6.45) is 4.78. The summed E-state index contributed by atoms with van der Waals surface area (Å²) >= 11 is 0. The number of rotatable bonds is 5. The number of hydrogen-bond donors (Lipinski definition) is 4. The van der Waals surface area contributed by atoms with Gasteiger partial charge in [0.25, 0.3) is 0 Å². The predicted octanol–water partition coefficient (Wildman–Crippen LogP) is 0.582. The first-order valence-corrected chi connectivity index (χ1v) is 7.29. The van der Waals surface area contributed by atoms with E-state index in [4.69, 9.17) is 17.2 Å². The normalized spacial score (nSPS) is 19.2. The molecule has 7 nitrogen and oxygen atoms in total. The number of nitrogen functional groups attached to an aromatic ring is 3. The van der Waals surface area contributed by atoms with Gasteiger partial charge in [0.05, 0.1) is 0 Å². The van der Waals surface area contributed by atoms with Gasteiger partial charge in [-0.3, -0.25) is 0 Å². The van der Waals surface area contributed by atoms with Crippen molar-refractivity contribution < 1.29 is 0 Å². The van der Waals surface area contributed by atoms with Crippen LogP contribution >= 0.6 is 0 Å². The topological polar surface area (TPSA) is 119 Å². The van der Waals surface area contributed by atoms with Gasteiger partial charge < -0.3 is 27.4 Å². The average molecular weight is 279 g/mol. The molecular formula is C13H25N7. The second-order valence-electron chi connectivity index (χ2n) is 5.25. The van der Waals surface area contributed by atoms with Crippen LogP contribution in [-0.4, -0.2) is 35.6 Å². The molecule has 1 aromatic heterocycles. The lowest BCUT2D eigenvalue weighted by Gasteiger charge is -2.38. The molecule has 1 unspecified atom stereocenters. The second-order valence-corrected chi connectivity index (χ2v) is 5.25. The molecule has 2 heterocycles. The highest BCUT2D eigenvalue weighted by Gasteiger charge is 2.25. The minimum atomic E-state index is 0.178. The molecule has 1 atom stereocenters. The van der Waals surface area contributed by atoms with Crippen molar-refractivity contribution in [3.8, 4) is 0 Å². The van der Waals surface area contributed by atoms with Crippen molar-refractivity contribution in [2.75, 3.05) is 41.7 Å². The van der Waals surface area contributed by atoms with Crippen molar-refractivity contribution >= 4 is 23.3 Å². The zero-order valence-electron chi connectivity index (χ0n) is 12.1. The van der Waals surface area contributed by atoms with Crippen LogP contribution in [0.15, 0.2) is 0 Å². The fraction of sp³-hybridized carbons (Fsp3) is 0.692. The minimum Gasteiger partial charge on any atom is -0.393 e. The van der Waals surface area contributed by atoms with Crippen molar-refractivity contribution in [2.24, 2.45) is 0 Å². The zero-order valence-corrected chi connectivity index (χ0v) is 12.1. The number of piperazine rings is 1. The predicted molar refractivity (Wildman–Crippen MR) is 83.4 cm³/mol. The molecule has 0 aromatic carbocycles. The van der Waals surface area contributed by atoms with E-state index in [9.17, 15) is 0 Å². The molecule has 0 radical (unpaired) electrons. The second kappa shape index (κ2) is 6.60. The van der Waals surface area contributed by atoms with Crippen molar-refractivity contribution in [3.63, 3.8) is 0 Å². The Kier molecular flexibility index (Phi) is 4.84. The van der Waals surface area contributed by atoms with Gasteiger partial charge in [0.15, 0.2) is 11.6 Å². The lowest BCUT2D eigenvalue weighted by Crippen LogP contribution is -2.52. The van der Waals surface area contributed by atoms with E-state index < -0.39 is 0 Å². The molecule has 0 bridgehead atoms. The Balaban J connectivity index is 2.19. The molecule has 112 valence electrons. The Morgan fingerprint density at radius 1 is 1.25 bits per heavy atom. The Hall–Kier alpha value is -1.76. The highest BCUT2D eigenvalue weighted by molar-refractivity contribution is 5.75. The Morgan fingerprint density at radius 3 is 2.80 bits per heavy atom. The molecule has 7 N–H and O–H groups in total. The number of aromatic nitrogens is 2. The van der Waals surface area contributed by atoms with Gasteiger partial charge in [-0.05, 0) is 6.42 Å². The molecule has 20 heavy (non-hydrogen) atoms. The highest BCUT2D eigenvalue weighted by atomic mass is 15.3. The van der Waals surface area contributed by atoms with Gasteiger partial charge in [-0.2, -0.15) is 9.97 Å². The molecule has 1 aliphatic rings. The first-order chi connectivity index (χ1) is 9.63. The van der Waals surface area contributed by atoms with Crippen LogP contribution in [0.3, 0.4) is 0 Å². The largest absolute Gasteiger partial charge is 0.393 e. The van der Waals surface area contributed by atoms with E-state index in [0.717, 1.165) is 26.1 Å². The number of anilines is 4. The molecule has 1 aromatic rings. The summed E-state index contributed by atoms with van der Waals surface area (Å²) in [5.41, 5.74) is 18.0. The summed E-state index contributed by atoms with van der Waals surface area (Å²) in [6.45, 7) is 4.91. The summed E-state index contributed by atoms with van der Waals surface area (Å²) in [6, 6.07) is 0.381. The van der Waals surface area contributed by atoms with Gasteiger partial charge in [0, 0.05) is 25.7 Å². The highest BCUT2D eigenvalue weighted by Crippen LogP contribution is 2.29. The molecule has 1 saturated heterocycles. The first kappa shape index (κ1) is 14.6. The van der Waals surface area contributed by atoms with Crippen LogP contribution in [0.5, 0.6) is 0 Å². The summed E-state index contributed by atoms with van der Waals surface area (Å²) < 4.78 is 0. The molecule has 0 aliphatic carbocycles. The molecule has 7 heteroatoms. The number of nitrogens with one attached hydrogen (secondary N) is 1. The lowest BCUT2D eigenvalue weighted by atomic mass is 10.0. The Morgan fingerprint density at radius 2 is 2.05 bits per heavy atom. The van der Waals surface area contributed by atoms with E-state index in [1.807, 2.05) is 0 Å². The monoisotopic (exact) mass is 279 g/mol. The molecule has 0 saturated carbocycles. The van der Waals surface area contributed by atoms with E-state index in [1.165, 1.54) is 19.3 Å². The molecule has 0 spiro atoms. The summed E-state index contributed by atoms with van der Waals surface area (Å²) in [5, 5.41) is 3.42. The number of nitrogens with zero attached hydrogens (tertiary/aromatic N) is 3. The third-order valence-electron chi connectivity index (χ3n) is 3.74. The maximum Gasteiger partial charge on any atom is 0.224 e. The van der Waals surface area contributed by atoms with Crippen LogP contribution in [0.1, 0.15) is 32.6 Å². The third kappa shape index (κ3) is 3.22. The average Bonchev–Trinajstić information content (AvgIpc) is 2.44. The van der Waals surface area contributed by atoms with Crippen LogP contribution in [-0.2, 0) is 0 Å². The quantitative estimate of drug-likeness (QED) is 0.582. The van der Waals surface area contributed by atoms with E-state index >= 15 is 0 Å². The van der Waals surface area contributed by atoms with Gasteiger partial charge in [-0.25, -0.2) is 0 Å². The van der Waals surface area contributed by atoms with Crippen LogP contribution < -0.4 is 27.4 Å². The van der Waals surface area contributed by atoms with Crippen molar-refractivity contribution in [2.45, 2.75) is 38.6 Å². The number of hydrogen-bond acceptors (Lipinski definition) is 7. The maximum atomic E-state index is 6.03. The van der Waals surface area contributed by atoms with Crippen LogP contribution in [0.4, 0.5) is 23.3 Å². The summed E-state index contributed by atoms with van der Waals surface area (Å²) in [4.78, 5) is 10.4.